The normalized spacial score (nSPS) is 16.1. The van der Waals surface area contributed by atoms with Crippen LogP contribution in [-0.2, 0) is 16.0 Å². The van der Waals surface area contributed by atoms with Crippen LogP contribution in [0.1, 0.15) is 48.5 Å². The number of thiophene rings is 1. The van der Waals surface area contributed by atoms with Gasteiger partial charge in [0.15, 0.2) is 0 Å². The molecule has 27 heavy (non-hydrogen) atoms. The van der Waals surface area contributed by atoms with Crippen molar-refractivity contribution in [3.8, 4) is 0 Å². The van der Waals surface area contributed by atoms with Gasteiger partial charge in [-0.1, -0.05) is 30.3 Å². The fraction of sp³-hybridized carbons (Fsp3) is 0.455. The molecule has 1 saturated heterocycles. The van der Waals surface area contributed by atoms with Crippen molar-refractivity contribution in [3.63, 3.8) is 0 Å². The number of likely N-dealkylation sites (tertiary alicyclic amines) is 1. The molecule has 5 heteroatoms. The zero-order chi connectivity index (χ0) is 19.1. The van der Waals surface area contributed by atoms with Gasteiger partial charge in [-0.15, -0.1) is 0 Å². The van der Waals surface area contributed by atoms with Crippen molar-refractivity contribution in [1.82, 2.24) is 4.90 Å². The third-order valence-corrected chi connectivity index (χ3v) is 6.13. The molecule has 3 rings (SSSR count). The molecule has 1 fully saturated rings. The summed E-state index contributed by atoms with van der Waals surface area (Å²) in [6.45, 7) is 3.47. The lowest BCUT2D eigenvalue weighted by atomic mass is 9.74. The van der Waals surface area contributed by atoms with Gasteiger partial charge in [-0.05, 0) is 56.0 Å². The van der Waals surface area contributed by atoms with Crippen molar-refractivity contribution in [3.05, 3.63) is 58.3 Å². The molecule has 0 spiro atoms. The standard InChI is InChI=1S/C22H27NO3S/c1-2-26-21(25)22(11-6-9-18-7-4-3-5-8-18)12-14-23(15-13-22)20(24)19-10-16-27-17-19/h3-5,7-8,10,16-17H,2,6,9,11-15H2,1H3. The zero-order valence-corrected chi connectivity index (χ0v) is 16.7. The summed E-state index contributed by atoms with van der Waals surface area (Å²) in [7, 11) is 0. The van der Waals surface area contributed by atoms with Crippen molar-refractivity contribution >= 4 is 23.2 Å². The lowest BCUT2D eigenvalue weighted by Crippen LogP contribution is -2.47. The van der Waals surface area contributed by atoms with Gasteiger partial charge >= 0.3 is 5.97 Å². The molecule has 0 atom stereocenters. The molecular weight excluding hydrogens is 358 g/mol. The van der Waals surface area contributed by atoms with Crippen LogP contribution >= 0.6 is 11.3 Å². The molecule has 1 aromatic carbocycles. The first-order chi connectivity index (χ1) is 13.1. The Balaban J connectivity index is 1.62. The largest absolute Gasteiger partial charge is 0.466 e. The van der Waals surface area contributed by atoms with Crippen LogP contribution in [0.3, 0.4) is 0 Å². The maximum absolute atomic E-state index is 12.7. The minimum absolute atomic E-state index is 0.0676. The Kier molecular flexibility index (Phi) is 6.67. The number of aryl methyl sites for hydroxylation is 1. The highest BCUT2D eigenvalue weighted by Crippen LogP contribution is 2.38. The average molecular weight is 386 g/mol. The predicted molar refractivity (Wildman–Crippen MR) is 108 cm³/mol. The number of hydrogen-bond donors (Lipinski definition) is 0. The molecule has 1 aliphatic rings. The van der Waals surface area contributed by atoms with Crippen molar-refractivity contribution < 1.29 is 14.3 Å². The number of amides is 1. The molecule has 144 valence electrons. The first-order valence-corrected chi connectivity index (χ1v) is 10.6. The average Bonchev–Trinajstić information content (AvgIpc) is 3.24. The topological polar surface area (TPSA) is 46.6 Å². The number of ether oxygens (including phenoxy) is 1. The van der Waals surface area contributed by atoms with E-state index in [0.717, 1.165) is 24.8 Å². The van der Waals surface area contributed by atoms with E-state index in [-0.39, 0.29) is 11.9 Å². The van der Waals surface area contributed by atoms with E-state index >= 15 is 0 Å². The second-order valence-corrected chi connectivity index (χ2v) is 7.92. The number of carbonyl (C=O) groups is 2. The summed E-state index contributed by atoms with van der Waals surface area (Å²) < 4.78 is 5.41. The van der Waals surface area contributed by atoms with Gasteiger partial charge in [-0.2, -0.15) is 11.3 Å². The first-order valence-electron chi connectivity index (χ1n) is 9.67. The number of rotatable bonds is 7. The Labute approximate surface area is 165 Å². The fourth-order valence-electron chi connectivity index (χ4n) is 3.82. The van der Waals surface area contributed by atoms with Gasteiger partial charge in [0.2, 0.25) is 0 Å². The highest BCUT2D eigenvalue weighted by molar-refractivity contribution is 7.08. The van der Waals surface area contributed by atoms with Crippen molar-refractivity contribution in [2.75, 3.05) is 19.7 Å². The van der Waals surface area contributed by atoms with Crippen LogP contribution in [0.5, 0.6) is 0 Å². The molecule has 4 nitrogen and oxygen atoms in total. The maximum Gasteiger partial charge on any atom is 0.312 e. The molecule has 2 heterocycles. The van der Waals surface area contributed by atoms with Gasteiger partial charge in [0.1, 0.15) is 0 Å². The smallest absolute Gasteiger partial charge is 0.312 e. The highest BCUT2D eigenvalue weighted by Gasteiger charge is 2.43. The molecule has 1 aliphatic heterocycles. The van der Waals surface area contributed by atoms with E-state index in [4.69, 9.17) is 4.74 Å². The van der Waals surface area contributed by atoms with E-state index in [1.54, 1.807) is 0 Å². The van der Waals surface area contributed by atoms with Gasteiger partial charge in [-0.25, -0.2) is 0 Å². The summed E-state index contributed by atoms with van der Waals surface area (Å²) in [6.07, 6.45) is 4.06. The predicted octanol–water partition coefficient (Wildman–Crippen LogP) is 4.56. The van der Waals surface area contributed by atoms with E-state index in [0.29, 0.717) is 32.5 Å². The van der Waals surface area contributed by atoms with Gasteiger partial charge in [-0.3, -0.25) is 9.59 Å². The van der Waals surface area contributed by atoms with E-state index < -0.39 is 5.41 Å². The molecule has 0 unspecified atom stereocenters. The molecule has 0 aliphatic carbocycles. The fourth-order valence-corrected chi connectivity index (χ4v) is 4.45. The van der Waals surface area contributed by atoms with Crippen LogP contribution < -0.4 is 0 Å². The van der Waals surface area contributed by atoms with E-state index in [9.17, 15) is 9.59 Å². The first kappa shape index (κ1) is 19.6. The van der Waals surface area contributed by atoms with Crippen LogP contribution in [0, 0.1) is 5.41 Å². The van der Waals surface area contributed by atoms with Gasteiger partial charge < -0.3 is 9.64 Å². The Hall–Kier alpha value is -2.14. The summed E-state index contributed by atoms with van der Waals surface area (Å²) in [4.78, 5) is 27.2. The third-order valence-electron chi connectivity index (χ3n) is 5.45. The molecule has 0 N–H and O–H groups in total. The van der Waals surface area contributed by atoms with E-state index in [2.05, 4.69) is 12.1 Å². The van der Waals surface area contributed by atoms with E-state index in [1.807, 2.05) is 46.8 Å². The number of piperidine rings is 1. The summed E-state index contributed by atoms with van der Waals surface area (Å²) in [5, 5.41) is 3.80. The highest BCUT2D eigenvalue weighted by atomic mass is 32.1. The summed E-state index contributed by atoms with van der Waals surface area (Å²) in [5.41, 5.74) is 1.57. The molecule has 1 amide bonds. The van der Waals surface area contributed by atoms with Crippen molar-refractivity contribution in [1.29, 1.82) is 0 Å². The number of esters is 1. The van der Waals surface area contributed by atoms with Crippen LogP contribution in [0.4, 0.5) is 0 Å². The SMILES string of the molecule is CCOC(=O)C1(CCCc2ccccc2)CCN(C(=O)c2ccsc2)CC1. The lowest BCUT2D eigenvalue weighted by molar-refractivity contribution is -0.159. The van der Waals surface area contributed by atoms with Crippen LogP contribution in [0.2, 0.25) is 0 Å². The molecular formula is C22H27NO3S. The number of carbonyl (C=O) groups excluding carboxylic acids is 2. The Morgan fingerprint density at radius 2 is 1.89 bits per heavy atom. The maximum atomic E-state index is 12.7. The van der Waals surface area contributed by atoms with Gasteiger partial charge in [0.05, 0.1) is 17.6 Å². The molecule has 2 aromatic rings. The van der Waals surface area contributed by atoms with E-state index in [1.165, 1.54) is 16.9 Å². The van der Waals surface area contributed by atoms with Gasteiger partial charge in [0, 0.05) is 18.5 Å². The minimum Gasteiger partial charge on any atom is -0.466 e. The Morgan fingerprint density at radius 1 is 1.15 bits per heavy atom. The summed E-state index contributed by atoms with van der Waals surface area (Å²) >= 11 is 1.53. The Bertz CT molecular complexity index is 734. The number of benzene rings is 1. The summed E-state index contributed by atoms with van der Waals surface area (Å²) in [6, 6.07) is 12.2. The second kappa shape index (κ2) is 9.18. The van der Waals surface area contributed by atoms with Gasteiger partial charge in [0.25, 0.3) is 5.91 Å². The van der Waals surface area contributed by atoms with Crippen molar-refractivity contribution in [2.24, 2.45) is 5.41 Å². The monoisotopic (exact) mass is 385 g/mol. The van der Waals surface area contributed by atoms with Crippen molar-refractivity contribution in [2.45, 2.75) is 39.0 Å². The summed E-state index contributed by atoms with van der Waals surface area (Å²) in [5.74, 6) is -0.0290. The van der Waals surface area contributed by atoms with Crippen LogP contribution in [-0.4, -0.2) is 36.5 Å². The minimum atomic E-state index is -0.462. The lowest BCUT2D eigenvalue weighted by Gasteiger charge is -2.40. The number of nitrogens with zero attached hydrogens (tertiary/aromatic N) is 1. The molecule has 0 bridgehead atoms. The molecule has 1 aromatic heterocycles. The van der Waals surface area contributed by atoms with Crippen LogP contribution in [0.25, 0.3) is 0 Å². The molecule has 0 radical (unpaired) electrons. The molecule has 0 saturated carbocycles. The second-order valence-electron chi connectivity index (χ2n) is 7.14. The number of hydrogen-bond acceptors (Lipinski definition) is 4. The zero-order valence-electron chi connectivity index (χ0n) is 15.9. The quantitative estimate of drug-likeness (QED) is 0.657. The Morgan fingerprint density at radius 3 is 2.52 bits per heavy atom. The van der Waals surface area contributed by atoms with Crippen LogP contribution in [0.15, 0.2) is 47.2 Å². The third kappa shape index (κ3) is 4.78.